The van der Waals surface area contributed by atoms with Crippen molar-refractivity contribution in [2.45, 2.75) is 24.7 Å². The number of ether oxygens (including phenoxy) is 1. The number of aliphatic hydroxyl groups is 1. The highest BCUT2D eigenvalue weighted by molar-refractivity contribution is 7.89. The monoisotopic (exact) mass is 344 g/mol. The fourth-order valence-electron chi connectivity index (χ4n) is 1.96. The molecule has 0 aliphatic heterocycles. The van der Waals surface area contributed by atoms with Gasteiger partial charge < -0.3 is 15.2 Å². The number of likely N-dealkylation sites (N-methyl/N-ethyl adjacent to an activating group) is 1. The van der Waals surface area contributed by atoms with Crippen LogP contribution in [0, 0.1) is 0 Å². The van der Waals surface area contributed by atoms with Gasteiger partial charge in [-0.2, -0.15) is 4.31 Å². The normalized spacial score (nSPS) is 11.8. The molecule has 0 unspecified atom stereocenters. The summed E-state index contributed by atoms with van der Waals surface area (Å²) < 4.78 is 31.5. The summed E-state index contributed by atoms with van der Waals surface area (Å²) in [6.07, 6.45) is 0. The van der Waals surface area contributed by atoms with E-state index in [9.17, 15) is 13.2 Å². The zero-order valence-electron chi connectivity index (χ0n) is 13.9. The van der Waals surface area contributed by atoms with Crippen LogP contribution in [0.4, 0.5) is 0 Å². The Morgan fingerprint density at radius 1 is 1.39 bits per heavy atom. The van der Waals surface area contributed by atoms with Crippen LogP contribution in [0.5, 0.6) is 5.75 Å². The van der Waals surface area contributed by atoms with E-state index in [0.717, 1.165) is 9.87 Å². The van der Waals surface area contributed by atoms with Gasteiger partial charge in [0.2, 0.25) is 15.9 Å². The van der Waals surface area contributed by atoms with Gasteiger partial charge >= 0.3 is 0 Å². The van der Waals surface area contributed by atoms with Crippen molar-refractivity contribution >= 4 is 15.9 Å². The number of carbonyl (C=O) groups is 1. The van der Waals surface area contributed by atoms with Gasteiger partial charge in [0.15, 0.2) is 0 Å². The van der Waals surface area contributed by atoms with Crippen LogP contribution in [0.15, 0.2) is 23.1 Å². The molecule has 1 aromatic carbocycles. The standard InChI is InChI=1S/C15H24N2O5S/c1-11(2)12-5-6-13(22-4)14(9-12)23(20,21)17(3)10-15(19)16-7-8-18/h5-6,9,11,18H,7-8,10H2,1-4H3,(H,16,19). The first kappa shape index (κ1) is 19.4. The van der Waals surface area contributed by atoms with Gasteiger partial charge in [-0.15, -0.1) is 0 Å². The maximum Gasteiger partial charge on any atom is 0.246 e. The molecule has 0 heterocycles. The number of methoxy groups -OCH3 is 1. The van der Waals surface area contributed by atoms with E-state index in [4.69, 9.17) is 9.84 Å². The van der Waals surface area contributed by atoms with E-state index in [0.29, 0.717) is 0 Å². The Hall–Kier alpha value is -1.64. The Kier molecular flexibility index (Phi) is 6.99. The van der Waals surface area contributed by atoms with Crippen molar-refractivity contribution in [2.75, 3.05) is 33.9 Å². The second kappa shape index (κ2) is 8.28. The molecule has 130 valence electrons. The molecule has 0 bridgehead atoms. The largest absolute Gasteiger partial charge is 0.495 e. The molecule has 0 saturated heterocycles. The predicted octanol–water partition coefficient (Wildman–Crippen LogP) is 0.548. The molecule has 8 heteroatoms. The third-order valence-electron chi connectivity index (χ3n) is 3.34. The number of sulfonamides is 1. The Morgan fingerprint density at radius 2 is 2.04 bits per heavy atom. The summed E-state index contributed by atoms with van der Waals surface area (Å²) in [5, 5.41) is 11.1. The van der Waals surface area contributed by atoms with Crippen LogP contribution < -0.4 is 10.1 Å². The summed E-state index contributed by atoms with van der Waals surface area (Å²) in [5.41, 5.74) is 0.863. The van der Waals surface area contributed by atoms with E-state index in [1.807, 2.05) is 19.9 Å². The van der Waals surface area contributed by atoms with Crippen LogP contribution in [0.2, 0.25) is 0 Å². The zero-order chi connectivity index (χ0) is 17.6. The molecule has 0 radical (unpaired) electrons. The molecule has 0 aliphatic carbocycles. The lowest BCUT2D eigenvalue weighted by atomic mass is 10.0. The van der Waals surface area contributed by atoms with Crippen molar-refractivity contribution in [3.63, 3.8) is 0 Å². The molecule has 0 atom stereocenters. The molecule has 7 nitrogen and oxygen atoms in total. The van der Waals surface area contributed by atoms with E-state index in [-0.39, 0.29) is 36.3 Å². The molecule has 1 amide bonds. The highest BCUT2D eigenvalue weighted by Crippen LogP contribution is 2.29. The molecule has 0 saturated carbocycles. The van der Waals surface area contributed by atoms with E-state index < -0.39 is 15.9 Å². The quantitative estimate of drug-likeness (QED) is 0.718. The van der Waals surface area contributed by atoms with Gasteiger partial charge in [0.05, 0.1) is 20.3 Å². The average Bonchev–Trinajstić information content (AvgIpc) is 2.51. The number of carbonyl (C=O) groups excluding carboxylic acids is 1. The maximum atomic E-state index is 12.7. The zero-order valence-corrected chi connectivity index (χ0v) is 14.7. The van der Waals surface area contributed by atoms with Crippen LogP contribution >= 0.6 is 0 Å². The van der Waals surface area contributed by atoms with E-state index in [1.165, 1.54) is 14.2 Å². The van der Waals surface area contributed by atoms with Crippen molar-refractivity contribution in [1.29, 1.82) is 0 Å². The summed E-state index contributed by atoms with van der Waals surface area (Å²) in [6.45, 7) is 3.47. The van der Waals surface area contributed by atoms with Crippen LogP contribution in [-0.4, -0.2) is 57.6 Å². The molecule has 0 aliphatic rings. The number of aliphatic hydroxyl groups excluding tert-OH is 1. The Morgan fingerprint density at radius 3 is 2.57 bits per heavy atom. The molecule has 1 rings (SSSR count). The third kappa shape index (κ3) is 4.92. The molecule has 0 aromatic heterocycles. The van der Waals surface area contributed by atoms with Crippen LogP contribution in [0.3, 0.4) is 0 Å². The lowest BCUT2D eigenvalue weighted by molar-refractivity contribution is -0.121. The average molecular weight is 344 g/mol. The van der Waals surface area contributed by atoms with Gasteiger partial charge in [-0.25, -0.2) is 8.42 Å². The van der Waals surface area contributed by atoms with Crippen molar-refractivity contribution in [1.82, 2.24) is 9.62 Å². The highest BCUT2D eigenvalue weighted by Gasteiger charge is 2.27. The van der Waals surface area contributed by atoms with Crippen molar-refractivity contribution in [3.8, 4) is 5.75 Å². The van der Waals surface area contributed by atoms with Crippen LogP contribution in [-0.2, 0) is 14.8 Å². The fraction of sp³-hybridized carbons (Fsp3) is 0.533. The number of nitrogens with one attached hydrogen (secondary N) is 1. The van der Waals surface area contributed by atoms with Gasteiger partial charge in [-0.3, -0.25) is 4.79 Å². The summed E-state index contributed by atoms with van der Waals surface area (Å²) in [5.74, 6) is -0.0888. The van der Waals surface area contributed by atoms with Crippen molar-refractivity contribution < 1.29 is 23.1 Å². The van der Waals surface area contributed by atoms with Gasteiger partial charge in [0.1, 0.15) is 10.6 Å². The molecule has 2 N–H and O–H groups in total. The summed E-state index contributed by atoms with van der Waals surface area (Å²) in [7, 11) is -1.14. The molecule has 0 fully saturated rings. The molecular formula is C15H24N2O5S. The lowest BCUT2D eigenvalue weighted by Crippen LogP contribution is -2.39. The smallest absolute Gasteiger partial charge is 0.246 e. The summed E-state index contributed by atoms with van der Waals surface area (Å²) in [4.78, 5) is 11.7. The first-order valence-corrected chi connectivity index (χ1v) is 8.69. The molecular weight excluding hydrogens is 320 g/mol. The minimum atomic E-state index is -3.87. The lowest BCUT2D eigenvalue weighted by Gasteiger charge is -2.19. The number of benzene rings is 1. The van der Waals surface area contributed by atoms with Gasteiger partial charge in [-0.1, -0.05) is 19.9 Å². The van der Waals surface area contributed by atoms with Crippen LogP contribution in [0.25, 0.3) is 0 Å². The first-order valence-electron chi connectivity index (χ1n) is 7.25. The molecule has 1 aromatic rings. The number of amides is 1. The minimum absolute atomic E-state index is 0.0312. The second-order valence-corrected chi connectivity index (χ2v) is 7.41. The second-order valence-electron chi connectivity index (χ2n) is 5.40. The third-order valence-corrected chi connectivity index (χ3v) is 5.17. The minimum Gasteiger partial charge on any atom is -0.495 e. The fourth-order valence-corrected chi connectivity index (χ4v) is 3.27. The van der Waals surface area contributed by atoms with E-state index in [2.05, 4.69) is 5.32 Å². The van der Waals surface area contributed by atoms with Gasteiger partial charge in [-0.05, 0) is 23.6 Å². The number of rotatable bonds is 8. The first-order chi connectivity index (χ1) is 10.7. The number of hydrogen-bond acceptors (Lipinski definition) is 5. The number of hydrogen-bond donors (Lipinski definition) is 2. The van der Waals surface area contributed by atoms with Crippen molar-refractivity contribution in [2.24, 2.45) is 0 Å². The Labute approximate surface area is 137 Å². The Balaban J connectivity index is 3.11. The summed E-state index contributed by atoms with van der Waals surface area (Å²) in [6, 6.07) is 5.00. The van der Waals surface area contributed by atoms with Gasteiger partial charge in [0, 0.05) is 13.6 Å². The molecule has 0 spiro atoms. The topological polar surface area (TPSA) is 95.9 Å². The number of nitrogens with zero attached hydrogens (tertiary/aromatic N) is 1. The molecule has 23 heavy (non-hydrogen) atoms. The Bertz CT molecular complexity index is 643. The maximum absolute atomic E-state index is 12.7. The van der Waals surface area contributed by atoms with Gasteiger partial charge in [0.25, 0.3) is 0 Å². The summed E-state index contributed by atoms with van der Waals surface area (Å²) >= 11 is 0. The van der Waals surface area contributed by atoms with E-state index >= 15 is 0 Å². The SMILES string of the molecule is COc1ccc(C(C)C)cc1S(=O)(=O)N(C)CC(=O)NCCO. The van der Waals surface area contributed by atoms with Crippen LogP contribution in [0.1, 0.15) is 25.3 Å². The van der Waals surface area contributed by atoms with E-state index in [1.54, 1.807) is 12.1 Å². The predicted molar refractivity (Wildman–Crippen MR) is 87.0 cm³/mol. The highest BCUT2D eigenvalue weighted by atomic mass is 32.2. The van der Waals surface area contributed by atoms with Crippen molar-refractivity contribution in [3.05, 3.63) is 23.8 Å².